The minimum atomic E-state index is -4.21. The lowest BCUT2D eigenvalue weighted by Crippen LogP contribution is -2.29. The highest BCUT2D eigenvalue weighted by Gasteiger charge is 2.37. The number of halogens is 5. The first-order valence-corrected chi connectivity index (χ1v) is 8.69. The lowest BCUT2D eigenvalue weighted by molar-refractivity contribution is -0.176. The van der Waals surface area contributed by atoms with E-state index >= 15 is 0 Å². The molecule has 0 aliphatic heterocycles. The molecule has 0 saturated heterocycles. The standard InChI is InChI=1S/C17H23F5N2O2S/c1-2-11(17(20,21)22)6-7-24-9-14(23)15(27)10-25-12-4-3-5-13(8-12)26-16(18)19/h3-5,8,11,16,24,27H,2,6-7,9-10,23H2,1H3/b15-14-. The Balaban J connectivity index is 2.44. The van der Waals surface area contributed by atoms with Crippen molar-refractivity contribution in [3.8, 4) is 11.5 Å². The van der Waals surface area contributed by atoms with Gasteiger partial charge in [-0.2, -0.15) is 22.0 Å². The van der Waals surface area contributed by atoms with Crippen LogP contribution in [0.2, 0.25) is 0 Å². The molecule has 0 amide bonds. The lowest BCUT2D eigenvalue weighted by atomic mass is 10.0. The second kappa shape index (κ2) is 11.2. The molecule has 0 fully saturated rings. The summed E-state index contributed by atoms with van der Waals surface area (Å²) < 4.78 is 72.0. The van der Waals surface area contributed by atoms with Crippen LogP contribution in [-0.2, 0) is 0 Å². The number of thiol groups is 1. The monoisotopic (exact) mass is 414 g/mol. The largest absolute Gasteiger partial charge is 0.488 e. The fourth-order valence-electron chi connectivity index (χ4n) is 2.19. The summed E-state index contributed by atoms with van der Waals surface area (Å²) in [4.78, 5) is 0.380. The van der Waals surface area contributed by atoms with Crippen molar-refractivity contribution < 1.29 is 31.4 Å². The fraction of sp³-hybridized carbons (Fsp3) is 0.529. The first-order chi connectivity index (χ1) is 12.6. The van der Waals surface area contributed by atoms with Gasteiger partial charge in [0.15, 0.2) is 0 Å². The normalized spacial score (nSPS) is 14.1. The average molecular weight is 414 g/mol. The molecule has 3 N–H and O–H groups in total. The second-order valence-corrected chi connectivity index (χ2v) is 6.27. The van der Waals surface area contributed by atoms with Gasteiger partial charge in [0.25, 0.3) is 0 Å². The van der Waals surface area contributed by atoms with E-state index in [1.807, 2.05) is 0 Å². The van der Waals surface area contributed by atoms with Gasteiger partial charge in [-0.05, 0) is 31.5 Å². The third-order valence-corrected chi connectivity index (χ3v) is 4.13. The molecule has 0 aromatic heterocycles. The van der Waals surface area contributed by atoms with E-state index < -0.39 is 18.7 Å². The summed E-state index contributed by atoms with van der Waals surface area (Å²) in [5.74, 6) is -1.11. The van der Waals surface area contributed by atoms with Crippen LogP contribution in [0.25, 0.3) is 0 Å². The Labute approximate surface area is 160 Å². The number of alkyl halides is 5. The van der Waals surface area contributed by atoms with E-state index in [9.17, 15) is 22.0 Å². The summed E-state index contributed by atoms with van der Waals surface area (Å²) in [6.07, 6.45) is -4.22. The molecule has 1 aromatic carbocycles. The summed E-state index contributed by atoms with van der Waals surface area (Å²) in [6, 6.07) is 5.70. The molecule has 1 atom stereocenters. The molecule has 1 aromatic rings. The number of nitrogens with two attached hydrogens (primary N) is 1. The molecule has 0 spiro atoms. The molecule has 0 aliphatic carbocycles. The average Bonchev–Trinajstić information content (AvgIpc) is 2.58. The molecule has 10 heteroatoms. The Bertz CT molecular complexity index is 611. The van der Waals surface area contributed by atoms with E-state index in [1.54, 1.807) is 6.07 Å². The van der Waals surface area contributed by atoms with Gasteiger partial charge >= 0.3 is 12.8 Å². The molecule has 0 saturated carbocycles. The van der Waals surface area contributed by atoms with Crippen LogP contribution in [0.4, 0.5) is 22.0 Å². The number of ether oxygens (including phenoxy) is 2. The van der Waals surface area contributed by atoms with E-state index in [2.05, 4.69) is 22.7 Å². The highest BCUT2D eigenvalue weighted by atomic mass is 32.1. The third kappa shape index (κ3) is 9.18. The van der Waals surface area contributed by atoms with Crippen LogP contribution in [0, 0.1) is 5.92 Å². The molecule has 0 bridgehead atoms. The maximum atomic E-state index is 12.7. The molecule has 4 nitrogen and oxygen atoms in total. The van der Waals surface area contributed by atoms with Crippen LogP contribution in [0.5, 0.6) is 11.5 Å². The van der Waals surface area contributed by atoms with E-state index in [0.717, 1.165) is 0 Å². The molecular weight excluding hydrogens is 391 g/mol. The van der Waals surface area contributed by atoms with Crippen molar-refractivity contribution >= 4 is 12.6 Å². The fourth-order valence-corrected chi connectivity index (χ4v) is 2.33. The van der Waals surface area contributed by atoms with E-state index in [1.165, 1.54) is 25.1 Å². The third-order valence-electron chi connectivity index (χ3n) is 3.72. The van der Waals surface area contributed by atoms with Crippen LogP contribution in [0.3, 0.4) is 0 Å². The Morgan fingerprint density at radius 1 is 1.26 bits per heavy atom. The van der Waals surface area contributed by atoms with E-state index in [4.69, 9.17) is 10.5 Å². The molecule has 0 radical (unpaired) electrons. The summed E-state index contributed by atoms with van der Waals surface area (Å²) in [5, 5.41) is 2.84. The molecular formula is C17H23F5N2O2S. The molecule has 27 heavy (non-hydrogen) atoms. The van der Waals surface area contributed by atoms with E-state index in [0.29, 0.717) is 10.6 Å². The van der Waals surface area contributed by atoms with E-state index in [-0.39, 0.29) is 44.0 Å². The summed E-state index contributed by atoms with van der Waals surface area (Å²) in [7, 11) is 0. The smallest absolute Gasteiger partial charge is 0.391 e. The Morgan fingerprint density at radius 3 is 2.52 bits per heavy atom. The number of rotatable bonds is 11. The first kappa shape index (κ1) is 23.4. The van der Waals surface area contributed by atoms with Crippen LogP contribution in [0.15, 0.2) is 34.9 Å². The van der Waals surface area contributed by atoms with Gasteiger partial charge in [-0.25, -0.2) is 0 Å². The number of hydrogen-bond acceptors (Lipinski definition) is 5. The van der Waals surface area contributed by atoms with Gasteiger partial charge in [-0.1, -0.05) is 13.0 Å². The quantitative estimate of drug-likeness (QED) is 0.287. The highest BCUT2D eigenvalue weighted by Crippen LogP contribution is 2.30. The van der Waals surface area contributed by atoms with Gasteiger partial charge in [-0.3, -0.25) is 0 Å². The topological polar surface area (TPSA) is 56.5 Å². The molecule has 0 heterocycles. The van der Waals surface area contributed by atoms with Gasteiger partial charge in [-0.15, -0.1) is 12.6 Å². The van der Waals surface area contributed by atoms with Crippen LogP contribution in [0.1, 0.15) is 19.8 Å². The summed E-state index contributed by atoms with van der Waals surface area (Å²) in [6.45, 7) is -1.14. The SMILES string of the molecule is CCC(CCNC/C(N)=C(/S)COc1cccc(OC(F)F)c1)C(F)(F)F. The second-order valence-electron chi connectivity index (χ2n) is 5.73. The summed E-state index contributed by atoms with van der Waals surface area (Å²) >= 11 is 4.20. The van der Waals surface area contributed by atoms with Gasteiger partial charge in [0, 0.05) is 23.2 Å². The van der Waals surface area contributed by atoms with Crippen molar-refractivity contribution in [3.05, 3.63) is 34.9 Å². The van der Waals surface area contributed by atoms with Crippen molar-refractivity contribution in [2.24, 2.45) is 11.7 Å². The van der Waals surface area contributed by atoms with Crippen molar-refractivity contribution in [2.45, 2.75) is 32.6 Å². The van der Waals surface area contributed by atoms with Gasteiger partial charge in [0.05, 0.1) is 5.92 Å². The Morgan fingerprint density at radius 2 is 1.93 bits per heavy atom. The lowest BCUT2D eigenvalue weighted by Gasteiger charge is -2.18. The minimum Gasteiger partial charge on any atom is -0.488 e. The predicted octanol–water partition coefficient (Wildman–Crippen LogP) is 4.34. The van der Waals surface area contributed by atoms with Gasteiger partial charge in [0.1, 0.15) is 18.1 Å². The van der Waals surface area contributed by atoms with Crippen molar-refractivity contribution in [1.29, 1.82) is 0 Å². The maximum absolute atomic E-state index is 12.7. The summed E-state index contributed by atoms with van der Waals surface area (Å²) in [5.41, 5.74) is 6.14. The minimum absolute atomic E-state index is 0.0190. The van der Waals surface area contributed by atoms with Crippen molar-refractivity contribution in [3.63, 3.8) is 0 Å². The zero-order valence-corrected chi connectivity index (χ0v) is 15.6. The zero-order valence-electron chi connectivity index (χ0n) is 14.7. The number of hydrogen-bond donors (Lipinski definition) is 3. The maximum Gasteiger partial charge on any atom is 0.391 e. The Kier molecular flexibility index (Phi) is 9.71. The van der Waals surface area contributed by atoms with Crippen LogP contribution in [-0.4, -0.2) is 32.5 Å². The molecule has 1 unspecified atom stereocenters. The molecule has 154 valence electrons. The number of benzene rings is 1. The van der Waals surface area contributed by atoms with Crippen molar-refractivity contribution in [2.75, 3.05) is 19.7 Å². The zero-order chi connectivity index (χ0) is 20.4. The van der Waals surface area contributed by atoms with Gasteiger partial charge in [0.2, 0.25) is 0 Å². The van der Waals surface area contributed by atoms with Crippen LogP contribution < -0.4 is 20.5 Å². The van der Waals surface area contributed by atoms with Crippen LogP contribution >= 0.6 is 12.6 Å². The van der Waals surface area contributed by atoms with Gasteiger partial charge < -0.3 is 20.5 Å². The molecule has 0 aliphatic rings. The Hall–Kier alpha value is -1.68. The first-order valence-electron chi connectivity index (χ1n) is 8.25. The van der Waals surface area contributed by atoms with Crippen molar-refractivity contribution in [1.82, 2.24) is 5.32 Å². The predicted molar refractivity (Wildman–Crippen MR) is 96.1 cm³/mol. The highest BCUT2D eigenvalue weighted by molar-refractivity contribution is 7.84. The molecule has 1 rings (SSSR count). The number of nitrogens with one attached hydrogen (secondary N) is 1.